The highest BCUT2D eigenvalue weighted by atomic mass is 16.5. The fourth-order valence-electron chi connectivity index (χ4n) is 3.77. The van der Waals surface area contributed by atoms with Crippen LogP contribution in [0.2, 0.25) is 0 Å². The van der Waals surface area contributed by atoms with Crippen molar-refractivity contribution >= 4 is 5.82 Å². The van der Waals surface area contributed by atoms with Crippen molar-refractivity contribution in [2.45, 2.75) is 53.0 Å². The standard InChI is InChI=1S/C16H26N2O/c1-15(2)9-12(10-16(3,4)11-15)17-13-7-6-8-14(18-13)19-5/h6-8,12H,9-11H2,1-5H3,(H,17,18). The Morgan fingerprint density at radius 1 is 1.16 bits per heavy atom. The summed E-state index contributed by atoms with van der Waals surface area (Å²) in [5.41, 5.74) is 0.774. The van der Waals surface area contributed by atoms with E-state index in [2.05, 4.69) is 38.0 Å². The van der Waals surface area contributed by atoms with Crippen molar-refractivity contribution in [1.29, 1.82) is 0 Å². The molecule has 0 bridgehead atoms. The first-order chi connectivity index (χ1) is 8.80. The summed E-state index contributed by atoms with van der Waals surface area (Å²) < 4.78 is 5.17. The van der Waals surface area contributed by atoms with Gasteiger partial charge in [-0.3, -0.25) is 0 Å². The summed E-state index contributed by atoms with van der Waals surface area (Å²) in [7, 11) is 1.65. The predicted octanol–water partition coefficient (Wildman–Crippen LogP) is 4.11. The second-order valence-corrected chi connectivity index (χ2v) is 7.32. The molecule has 0 unspecified atom stereocenters. The molecule has 0 aromatic carbocycles. The molecule has 0 atom stereocenters. The Balaban J connectivity index is 2.09. The Kier molecular flexibility index (Phi) is 3.75. The zero-order valence-corrected chi connectivity index (χ0v) is 12.8. The van der Waals surface area contributed by atoms with Crippen molar-refractivity contribution in [3.63, 3.8) is 0 Å². The van der Waals surface area contributed by atoms with Crippen LogP contribution in [0.1, 0.15) is 47.0 Å². The van der Waals surface area contributed by atoms with Gasteiger partial charge in [0.1, 0.15) is 5.82 Å². The third-order valence-electron chi connectivity index (χ3n) is 3.84. The lowest BCUT2D eigenvalue weighted by atomic mass is 9.63. The molecular weight excluding hydrogens is 236 g/mol. The molecule has 1 aromatic rings. The molecule has 0 spiro atoms. The van der Waals surface area contributed by atoms with Gasteiger partial charge in [-0.2, -0.15) is 4.98 Å². The molecule has 0 radical (unpaired) electrons. The Morgan fingerprint density at radius 2 is 1.79 bits per heavy atom. The van der Waals surface area contributed by atoms with Crippen LogP contribution in [-0.4, -0.2) is 18.1 Å². The highest BCUT2D eigenvalue weighted by molar-refractivity contribution is 5.38. The Labute approximate surface area is 116 Å². The van der Waals surface area contributed by atoms with Crippen LogP contribution in [0.5, 0.6) is 5.88 Å². The predicted molar refractivity (Wildman–Crippen MR) is 79.6 cm³/mol. The molecule has 0 amide bonds. The Bertz CT molecular complexity index is 424. The van der Waals surface area contributed by atoms with Gasteiger partial charge in [-0.05, 0) is 36.2 Å². The minimum atomic E-state index is 0.387. The zero-order valence-electron chi connectivity index (χ0n) is 12.8. The van der Waals surface area contributed by atoms with Crippen molar-refractivity contribution in [2.75, 3.05) is 12.4 Å². The van der Waals surface area contributed by atoms with Crippen LogP contribution in [0, 0.1) is 10.8 Å². The van der Waals surface area contributed by atoms with Gasteiger partial charge >= 0.3 is 0 Å². The van der Waals surface area contributed by atoms with E-state index in [4.69, 9.17) is 4.74 Å². The van der Waals surface area contributed by atoms with Crippen LogP contribution >= 0.6 is 0 Å². The van der Waals surface area contributed by atoms with Crippen molar-refractivity contribution in [1.82, 2.24) is 4.98 Å². The van der Waals surface area contributed by atoms with Gasteiger partial charge < -0.3 is 10.1 Å². The average Bonchev–Trinajstić information content (AvgIpc) is 2.24. The summed E-state index contributed by atoms with van der Waals surface area (Å²) in [5, 5.41) is 3.58. The number of hydrogen-bond acceptors (Lipinski definition) is 3. The number of rotatable bonds is 3. The first-order valence-electron chi connectivity index (χ1n) is 7.07. The molecule has 19 heavy (non-hydrogen) atoms. The Morgan fingerprint density at radius 3 is 2.37 bits per heavy atom. The topological polar surface area (TPSA) is 34.1 Å². The molecule has 1 aromatic heterocycles. The number of ether oxygens (including phenoxy) is 1. The fraction of sp³-hybridized carbons (Fsp3) is 0.688. The molecule has 3 heteroatoms. The van der Waals surface area contributed by atoms with E-state index < -0.39 is 0 Å². The molecule has 1 aliphatic carbocycles. The number of pyridine rings is 1. The normalized spacial score (nSPS) is 21.9. The molecule has 0 aliphatic heterocycles. The van der Waals surface area contributed by atoms with Crippen LogP contribution < -0.4 is 10.1 Å². The first-order valence-corrected chi connectivity index (χ1v) is 7.07. The van der Waals surface area contributed by atoms with E-state index in [9.17, 15) is 0 Å². The van der Waals surface area contributed by atoms with Crippen LogP contribution in [0.3, 0.4) is 0 Å². The maximum atomic E-state index is 5.17. The van der Waals surface area contributed by atoms with E-state index in [1.54, 1.807) is 7.11 Å². The summed E-state index contributed by atoms with van der Waals surface area (Å²) in [6.45, 7) is 9.45. The molecule has 1 heterocycles. The molecule has 106 valence electrons. The van der Waals surface area contributed by atoms with Crippen molar-refractivity contribution in [3.05, 3.63) is 18.2 Å². The summed E-state index contributed by atoms with van der Waals surface area (Å²) in [6, 6.07) is 6.35. The van der Waals surface area contributed by atoms with Crippen molar-refractivity contribution in [2.24, 2.45) is 10.8 Å². The fourth-order valence-corrected chi connectivity index (χ4v) is 3.77. The number of aromatic nitrogens is 1. The van der Waals surface area contributed by atoms with Crippen LogP contribution in [0.25, 0.3) is 0 Å². The summed E-state index contributed by atoms with van der Waals surface area (Å²) in [5.74, 6) is 1.58. The molecule has 0 saturated heterocycles. The van der Waals surface area contributed by atoms with E-state index in [0.717, 1.165) is 5.82 Å². The largest absolute Gasteiger partial charge is 0.481 e. The monoisotopic (exact) mass is 262 g/mol. The van der Waals surface area contributed by atoms with Gasteiger partial charge in [-0.1, -0.05) is 33.8 Å². The van der Waals surface area contributed by atoms with E-state index in [0.29, 0.717) is 22.8 Å². The lowest BCUT2D eigenvalue weighted by molar-refractivity contribution is 0.105. The number of methoxy groups -OCH3 is 1. The quantitative estimate of drug-likeness (QED) is 0.890. The lowest BCUT2D eigenvalue weighted by Gasteiger charge is -2.45. The van der Waals surface area contributed by atoms with E-state index in [1.165, 1.54) is 19.3 Å². The van der Waals surface area contributed by atoms with Gasteiger partial charge in [0.05, 0.1) is 7.11 Å². The first kappa shape index (κ1) is 14.2. The smallest absolute Gasteiger partial charge is 0.214 e. The van der Waals surface area contributed by atoms with Crippen molar-refractivity contribution < 1.29 is 4.74 Å². The number of hydrogen-bond donors (Lipinski definition) is 1. The van der Waals surface area contributed by atoms with E-state index in [1.807, 2.05) is 18.2 Å². The van der Waals surface area contributed by atoms with E-state index >= 15 is 0 Å². The molecule has 1 N–H and O–H groups in total. The highest BCUT2D eigenvalue weighted by Crippen LogP contribution is 2.46. The lowest BCUT2D eigenvalue weighted by Crippen LogP contribution is -2.40. The van der Waals surface area contributed by atoms with Gasteiger partial charge in [0.25, 0.3) is 0 Å². The summed E-state index contributed by atoms with van der Waals surface area (Å²) in [4.78, 5) is 4.45. The van der Waals surface area contributed by atoms with Gasteiger partial charge in [0, 0.05) is 12.1 Å². The second kappa shape index (κ2) is 5.03. The second-order valence-electron chi connectivity index (χ2n) is 7.32. The molecule has 3 nitrogen and oxygen atoms in total. The number of nitrogens with zero attached hydrogens (tertiary/aromatic N) is 1. The highest BCUT2D eigenvalue weighted by Gasteiger charge is 2.38. The Hall–Kier alpha value is -1.25. The van der Waals surface area contributed by atoms with E-state index in [-0.39, 0.29) is 0 Å². The maximum Gasteiger partial charge on any atom is 0.214 e. The van der Waals surface area contributed by atoms with Gasteiger partial charge in [0.15, 0.2) is 0 Å². The number of nitrogens with one attached hydrogen (secondary N) is 1. The molecular formula is C16H26N2O. The third kappa shape index (κ3) is 3.85. The third-order valence-corrected chi connectivity index (χ3v) is 3.84. The SMILES string of the molecule is COc1cccc(NC2CC(C)(C)CC(C)(C)C2)n1. The molecule has 1 fully saturated rings. The van der Waals surface area contributed by atoms with Crippen LogP contribution in [-0.2, 0) is 0 Å². The maximum absolute atomic E-state index is 5.17. The summed E-state index contributed by atoms with van der Waals surface area (Å²) in [6.07, 6.45) is 3.66. The minimum Gasteiger partial charge on any atom is -0.481 e. The van der Waals surface area contributed by atoms with Gasteiger partial charge in [0.2, 0.25) is 5.88 Å². The molecule has 1 saturated carbocycles. The minimum absolute atomic E-state index is 0.387. The molecule has 2 rings (SSSR count). The molecule has 1 aliphatic rings. The van der Waals surface area contributed by atoms with Crippen LogP contribution in [0.4, 0.5) is 5.82 Å². The van der Waals surface area contributed by atoms with Crippen LogP contribution in [0.15, 0.2) is 18.2 Å². The zero-order chi connectivity index (χ0) is 14.1. The number of anilines is 1. The summed E-state index contributed by atoms with van der Waals surface area (Å²) >= 11 is 0. The average molecular weight is 262 g/mol. The van der Waals surface area contributed by atoms with Crippen molar-refractivity contribution in [3.8, 4) is 5.88 Å². The van der Waals surface area contributed by atoms with Gasteiger partial charge in [-0.15, -0.1) is 0 Å². The van der Waals surface area contributed by atoms with Gasteiger partial charge in [-0.25, -0.2) is 0 Å².